The molecule has 0 unspecified atom stereocenters. The van der Waals surface area contributed by atoms with Crippen molar-refractivity contribution in [2.75, 3.05) is 13.1 Å². The fourth-order valence-electron chi connectivity index (χ4n) is 3.88. The maximum atomic E-state index is 11.9. The number of nitrogens with zero attached hydrogens (tertiary/aromatic N) is 3. The standard InChI is InChI=1S/C22H22Cl2N4O2.C2HF3O2/c23-18-5-2-14(12-19(18)24)6-9-25-8-1-11-28-21(22(29)30)17-4-3-15-13-26-10-7-16(15)20(17)27-28;3-2(4,5)1(6)7/h2,5,7,10,12-13,25H,1,3-4,6,8-9,11H2,(H,29,30);(H,6,7). The summed E-state index contributed by atoms with van der Waals surface area (Å²) in [6.45, 7) is 2.12. The summed E-state index contributed by atoms with van der Waals surface area (Å²) in [4.78, 5) is 25.0. The summed E-state index contributed by atoms with van der Waals surface area (Å²) in [6.07, 6.45) is 1.58. The van der Waals surface area contributed by atoms with Gasteiger partial charge in [-0.25, -0.2) is 9.59 Å². The largest absolute Gasteiger partial charge is 0.490 e. The van der Waals surface area contributed by atoms with Crippen molar-refractivity contribution < 1.29 is 33.0 Å². The third kappa shape index (κ3) is 7.43. The average molecular weight is 559 g/mol. The number of fused-ring (bicyclic) bond motifs is 3. The number of hydrogen-bond donors (Lipinski definition) is 3. The fraction of sp³-hybridized carbons (Fsp3) is 0.333. The minimum absolute atomic E-state index is 0.309. The summed E-state index contributed by atoms with van der Waals surface area (Å²) in [7, 11) is 0. The highest BCUT2D eigenvalue weighted by molar-refractivity contribution is 6.42. The number of halogens is 5. The third-order valence-electron chi connectivity index (χ3n) is 5.60. The van der Waals surface area contributed by atoms with Gasteiger partial charge >= 0.3 is 18.1 Å². The van der Waals surface area contributed by atoms with Crippen LogP contribution in [0.15, 0.2) is 36.7 Å². The summed E-state index contributed by atoms with van der Waals surface area (Å²) in [6, 6.07) is 7.57. The molecule has 0 atom stereocenters. The van der Waals surface area contributed by atoms with E-state index in [-0.39, 0.29) is 0 Å². The highest BCUT2D eigenvalue weighted by Gasteiger charge is 2.38. The smallest absolute Gasteiger partial charge is 0.477 e. The summed E-state index contributed by atoms with van der Waals surface area (Å²) in [5.74, 6) is -3.68. The zero-order valence-electron chi connectivity index (χ0n) is 19.4. The molecule has 3 N–H and O–H groups in total. The molecule has 13 heteroatoms. The van der Waals surface area contributed by atoms with E-state index < -0.39 is 18.1 Å². The van der Waals surface area contributed by atoms with Crippen LogP contribution in [0.25, 0.3) is 11.3 Å². The monoisotopic (exact) mass is 558 g/mol. The molecule has 2 aromatic heterocycles. The van der Waals surface area contributed by atoms with Crippen molar-refractivity contribution in [1.82, 2.24) is 20.1 Å². The predicted molar refractivity (Wildman–Crippen MR) is 131 cm³/mol. The molecule has 8 nitrogen and oxygen atoms in total. The molecule has 1 aliphatic carbocycles. The molecule has 0 bridgehead atoms. The summed E-state index contributed by atoms with van der Waals surface area (Å²) < 4.78 is 33.4. The number of benzene rings is 1. The Balaban J connectivity index is 0.000000479. The maximum absolute atomic E-state index is 11.9. The Morgan fingerprint density at radius 1 is 1.08 bits per heavy atom. The minimum Gasteiger partial charge on any atom is -0.477 e. The number of aryl methyl sites for hydroxylation is 2. The van der Waals surface area contributed by atoms with Gasteiger partial charge in [0.15, 0.2) is 0 Å². The number of hydrogen-bond acceptors (Lipinski definition) is 5. The highest BCUT2D eigenvalue weighted by atomic mass is 35.5. The van der Waals surface area contributed by atoms with Crippen molar-refractivity contribution >= 4 is 35.1 Å². The van der Waals surface area contributed by atoms with Crippen LogP contribution in [-0.4, -0.2) is 56.2 Å². The molecule has 3 aromatic rings. The first-order valence-electron chi connectivity index (χ1n) is 11.2. The number of aliphatic carboxylic acids is 1. The zero-order valence-corrected chi connectivity index (χ0v) is 20.9. The van der Waals surface area contributed by atoms with Gasteiger partial charge in [0, 0.05) is 30.1 Å². The van der Waals surface area contributed by atoms with E-state index in [1.165, 1.54) is 0 Å². The number of carboxylic acid groups (broad SMARTS) is 2. The van der Waals surface area contributed by atoms with Crippen molar-refractivity contribution in [2.24, 2.45) is 0 Å². The van der Waals surface area contributed by atoms with Gasteiger partial charge in [-0.15, -0.1) is 0 Å². The molecule has 0 aliphatic heterocycles. The number of alkyl halides is 3. The van der Waals surface area contributed by atoms with Gasteiger partial charge in [-0.05, 0) is 68.1 Å². The second kappa shape index (κ2) is 12.4. The lowest BCUT2D eigenvalue weighted by molar-refractivity contribution is -0.192. The van der Waals surface area contributed by atoms with Crippen molar-refractivity contribution in [3.05, 3.63) is 69.1 Å². The van der Waals surface area contributed by atoms with Crippen LogP contribution in [-0.2, 0) is 30.6 Å². The lowest BCUT2D eigenvalue weighted by Gasteiger charge is -2.14. The van der Waals surface area contributed by atoms with Crippen LogP contribution in [0.5, 0.6) is 0 Å². The Labute approximate surface area is 220 Å². The first-order chi connectivity index (χ1) is 17.5. The number of nitrogens with one attached hydrogen (secondary N) is 1. The normalized spacial score (nSPS) is 12.2. The molecule has 0 radical (unpaired) electrons. The van der Waals surface area contributed by atoms with E-state index in [0.717, 1.165) is 60.3 Å². The van der Waals surface area contributed by atoms with Gasteiger partial charge in [-0.2, -0.15) is 18.3 Å². The first kappa shape index (κ1) is 28.4. The maximum Gasteiger partial charge on any atom is 0.490 e. The van der Waals surface area contributed by atoms with Gasteiger partial charge in [-0.3, -0.25) is 9.67 Å². The molecule has 198 valence electrons. The zero-order chi connectivity index (χ0) is 27.2. The number of carbonyl (C=O) groups is 2. The molecular weight excluding hydrogens is 536 g/mol. The molecule has 37 heavy (non-hydrogen) atoms. The second-order valence-electron chi connectivity index (χ2n) is 8.14. The quantitative estimate of drug-likeness (QED) is 0.336. The van der Waals surface area contributed by atoms with E-state index >= 15 is 0 Å². The molecular formula is C24H23Cl2F3N4O4. The lowest BCUT2D eigenvalue weighted by Crippen LogP contribution is -2.21. The molecule has 0 saturated carbocycles. The van der Waals surface area contributed by atoms with Gasteiger partial charge in [0.25, 0.3) is 0 Å². The SMILES string of the molecule is O=C(O)C(F)(F)F.O=C(O)c1c2c(nn1CCCNCCc1ccc(Cl)c(Cl)c1)-c1ccncc1CC2. The van der Waals surface area contributed by atoms with Crippen molar-refractivity contribution in [2.45, 2.75) is 38.4 Å². The van der Waals surface area contributed by atoms with E-state index in [2.05, 4.69) is 15.4 Å². The molecule has 4 rings (SSSR count). The summed E-state index contributed by atoms with van der Waals surface area (Å²) >= 11 is 12.0. The summed E-state index contributed by atoms with van der Waals surface area (Å²) in [5, 5.41) is 26.0. The fourth-order valence-corrected chi connectivity index (χ4v) is 4.20. The average Bonchev–Trinajstić information content (AvgIpc) is 3.22. The first-order valence-corrected chi connectivity index (χ1v) is 12.0. The van der Waals surface area contributed by atoms with Gasteiger partial charge in [0.2, 0.25) is 0 Å². The van der Waals surface area contributed by atoms with Gasteiger partial charge in [-0.1, -0.05) is 29.3 Å². The van der Waals surface area contributed by atoms with E-state index in [9.17, 15) is 23.1 Å². The van der Waals surface area contributed by atoms with E-state index in [4.69, 9.17) is 33.1 Å². The van der Waals surface area contributed by atoms with Crippen molar-refractivity contribution in [3.63, 3.8) is 0 Å². The van der Waals surface area contributed by atoms with Crippen LogP contribution in [0.1, 0.15) is 33.6 Å². The van der Waals surface area contributed by atoms with E-state index in [0.29, 0.717) is 28.7 Å². The van der Waals surface area contributed by atoms with Crippen molar-refractivity contribution in [3.8, 4) is 11.3 Å². The Bertz CT molecular complexity index is 1280. The predicted octanol–water partition coefficient (Wildman–Crippen LogP) is 4.90. The number of rotatable bonds is 8. The molecule has 1 aromatic carbocycles. The van der Waals surface area contributed by atoms with Crippen LogP contribution in [0.4, 0.5) is 13.2 Å². The molecule has 0 amide bonds. The van der Waals surface area contributed by atoms with Crippen LogP contribution in [0, 0.1) is 0 Å². The Morgan fingerprint density at radius 3 is 2.46 bits per heavy atom. The third-order valence-corrected chi connectivity index (χ3v) is 6.34. The van der Waals surface area contributed by atoms with Crippen LogP contribution in [0.2, 0.25) is 10.0 Å². The van der Waals surface area contributed by atoms with Crippen LogP contribution in [0.3, 0.4) is 0 Å². The minimum atomic E-state index is -5.08. The van der Waals surface area contributed by atoms with E-state index in [1.54, 1.807) is 16.9 Å². The highest BCUT2D eigenvalue weighted by Crippen LogP contribution is 2.34. The van der Waals surface area contributed by atoms with Gasteiger partial charge in [0.1, 0.15) is 5.69 Å². The Hall–Kier alpha value is -3.15. The number of carboxylic acids is 2. The molecule has 0 fully saturated rings. The second-order valence-corrected chi connectivity index (χ2v) is 8.96. The van der Waals surface area contributed by atoms with Crippen LogP contribution >= 0.6 is 23.2 Å². The topological polar surface area (TPSA) is 117 Å². The molecule has 0 spiro atoms. The van der Waals surface area contributed by atoms with Crippen molar-refractivity contribution in [1.29, 1.82) is 0 Å². The number of aromatic nitrogens is 3. The van der Waals surface area contributed by atoms with E-state index in [1.807, 2.05) is 24.4 Å². The Kier molecular flexibility index (Phi) is 9.52. The molecule has 0 saturated heterocycles. The van der Waals surface area contributed by atoms with Crippen LogP contribution < -0.4 is 5.32 Å². The van der Waals surface area contributed by atoms with Gasteiger partial charge in [0.05, 0.1) is 15.7 Å². The number of aromatic carboxylic acids is 1. The Morgan fingerprint density at radius 2 is 1.81 bits per heavy atom. The van der Waals surface area contributed by atoms with Gasteiger partial charge < -0.3 is 15.5 Å². The lowest BCUT2D eigenvalue weighted by atomic mass is 9.90. The molecule has 1 aliphatic rings. The number of pyridine rings is 1. The molecule has 2 heterocycles. The summed E-state index contributed by atoms with van der Waals surface area (Å²) in [5.41, 5.74) is 5.15.